The molecule has 0 aliphatic rings. The van der Waals surface area contributed by atoms with Crippen molar-refractivity contribution in [2.24, 2.45) is 5.92 Å². The summed E-state index contributed by atoms with van der Waals surface area (Å²) < 4.78 is 0. The van der Waals surface area contributed by atoms with E-state index >= 15 is 0 Å². The molecule has 0 heterocycles. The molecule has 1 unspecified atom stereocenters. The van der Waals surface area contributed by atoms with Crippen molar-refractivity contribution in [1.82, 2.24) is 10.2 Å². The summed E-state index contributed by atoms with van der Waals surface area (Å²) in [6.45, 7) is 11.0. The number of carboxylic acid groups (broad SMARTS) is 1. The number of unbranched alkanes of at least 4 members (excludes halogenated alkanes) is 1. The van der Waals surface area contributed by atoms with Crippen LogP contribution in [-0.2, 0) is 9.59 Å². The highest BCUT2D eigenvalue weighted by Gasteiger charge is 2.27. The predicted molar refractivity (Wildman–Crippen MR) is 76.0 cm³/mol. The number of carboxylic acids is 1. The molecular weight excluding hydrogens is 244 g/mol. The van der Waals surface area contributed by atoms with E-state index in [0.29, 0.717) is 13.1 Å². The lowest BCUT2D eigenvalue weighted by Gasteiger charge is -2.36. The quantitative estimate of drug-likeness (QED) is 0.660. The average Bonchev–Trinajstić information content (AvgIpc) is 2.26. The van der Waals surface area contributed by atoms with Crippen molar-refractivity contribution in [3.63, 3.8) is 0 Å². The number of hydrogen-bond donors (Lipinski definition) is 2. The maximum absolute atomic E-state index is 11.8. The summed E-state index contributed by atoms with van der Waals surface area (Å²) in [7, 11) is 0. The zero-order chi connectivity index (χ0) is 15.1. The number of rotatable bonds is 8. The van der Waals surface area contributed by atoms with Gasteiger partial charge in [0.05, 0.1) is 12.5 Å². The number of nitrogens with one attached hydrogen (secondary N) is 1. The van der Waals surface area contributed by atoms with Crippen molar-refractivity contribution < 1.29 is 14.7 Å². The van der Waals surface area contributed by atoms with Crippen LogP contribution < -0.4 is 5.32 Å². The van der Waals surface area contributed by atoms with E-state index in [1.165, 1.54) is 0 Å². The molecule has 0 aromatic heterocycles. The molecule has 0 aliphatic heterocycles. The Balaban J connectivity index is 4.44. The Morgan fingerprint density at radius 3 is 2.32 bits per heavy atom. The van der Waals surface area contributed by atoms with Crippen LogP contribution in [-0.4, -0.2) is 47.1 Å². The van der Waals surface area contributed by atoms with Crippen LogP contribution in [0.1, 0.15) is 47.5 Å². The normalized spacial score (nSPS) is 13.4. The molecule has 0 aromatic rings. The first kappa shape index (κ1) is 17.9. The van der Waals surface area contributed by atoms with Gasteiger partial charge in [0.25, 0.3) is 0 Å². The minimum absolute atomic E-state index is 0.0408. The molecule has 1 amide bonds. The highest BCUT2D eigenvalue weighted by molar-refractivity contribution is 5.78. The van der Waals surface area contributed by atoms with Gasteiger partial charge in [-0.25, -0.2) is 0 Å². The maximum Gasteiger partial charge on any atom is 0.307 e. The van der Waals surface area contributed by atoms with E-state index in [1.54, 1.807) is 6.92 Å². The third-order valence-electron chi connectivity index (χ3n) is 3.05. The first-order chi connectivity index (χ1) is 8.68. The van der Waals surface area contributed by atoms with Gasteiger partial charge < -0.3 is 10.4 Å². The average molecular weight is 272 g/mol. The lowest BCUT2D eigenvalue weighted by Crippen LogP contribution is -2.49. The third kappa shape index (κ3) is 7.82. The third-order valence-corrected chi connectivity index (χ3v) is 3.05. The standard InChI is InChI=1S/C14H28N2O3/c1-6-7-8-15-12(17)10-16(14(3,4)5)9-11(2)13(18)19/h11H,6-10H2,1-5H3,(H,15,17)(H,18,19). The Hall–Kier alpha value is -1.10. The molecule has 5 heteroatoms. The molecule has 19 heavy (non-hydrogen) atoms. The van der Waals surface area contributed by atoms with Crippen LogP contribution in [0.5, 0.6) is 0 Å². The lowest BCUT2D eigenvalue weighted by molar-refractivity contribution is -0.142. The second kappa shape index (κ2) is 8.15. The molecule has 0 radical (unpaired) electrons. The Bertz CT molecular complexity index is 298. The summed E-state index contributed by atoms with van der Waals surface area (Å²) in [5.41, 5.74) is -0.230. The maximum atomic E-state index is 11.8. The molecular formula is C14H28N2O3. The van der Waals surface area contributed by atoms with Gasteiger partial charge >= 0.3 is 5.97 Å². The molecule has 0 aliphatic carbocycles. The van der Waals surface area contributed by atoms with Crippen LogP contribution in [0.3, 0.4) is 0 Å². The monoisotopic (exact) mass is 272 g/mol. The van der Waals surface area contributed by atoms with E-state index in [9.17, 15) is 9.59 Å². The van der Waals surface area contributed by atoms with Crippen LogP contribution in [0.15, 0.2) is 0 Å². The Morgan fingerprint density at radius 1 is 1.32 bits per heavy atom. The Morgan fingerprint density at radius 2 is 1.89 bits per heavy atom. The molecule has 2 N–H and O–H groups in total. The Labute approximate surface area is 116 Å². The first-order valence-corrected chi connectivity index (χ1v) is 6.93. The summed E-state index contributed by atoms with van der Waals surface area (Å²) >= 11 is 0. The fraction of sp³-hybridized carbons (Fsp3) is 0.857. The van der Waals surface area contributed by atoms with Crippen molar-refractivity contribution in [1.29, 1.82) is 0 Å². The van der Waals surface area contributed by atoms with Gasteiger partial charge in [0.1, 0.15) is 0 Å². The van der Waals surface area contributed by atoms with Gasteiger partial charge in [0.2, 0.25) is 5.91 Å². The van der Waals surface area contributed by atoms with Crippen molar-refractivity contribution in [2.45, 2.75) is 53.0 Å². The van der Waals surface area contributed by atoms with Crippen LogP contribution in [0.2, 0.25) is 0 Å². The molecule has 5 nitrogen and oxygen atoms in total. The smallest absolute Gasteiger partial charge is 0.307 e. The van der Waals surface area contributed by atoms with E-state index < -0.39 is 11.9 Å². The van der Waals surface area contributed by atoms with Gasteiger partial charge in [-0.05, 0) is 27.2 Å². The van der Waals surface area contributed by atoms with E-state index in [1.807, 2.05) is 25.7 Å². The highest BCUT2D eigenvalue weighted by Crippen LogP contribution is 2.15. The number of amides is 1. The fourth-order valence-corrected chi connectivity index (χ4v) is 1.62. The summed E-state index contributed by atoms with van der Waals surface area (Å²) in [5, 5.41) is 11.8. The van der Waals surface area contributed by atoms with Crippen LogP contribution >= 0.6 is 0 Å². The largest absolute Gasteiger partial charge is 0.481 e. The zero-order valence-corrected chi connectivity index (χ0v) is 12.8. The van der Waals surface area contributed by atoms with Gasteiger partial charge in [-0.1, -0.05) is 20.3 Å². The van der Waals surface area contributed by atoms with E-state index in [0.717, 1.165) is 12.8 Å². The molecule has 0 rings (SSSR count). The van der Waals surface area contributed by atoms with Gasteiger partial charge in [0, 0.05) is 18.6 Å². The van der Waals surface area contributed by atoms with Gasteiger partial charge in [0.15, 0.2) is 0 Å². The minimum atomic E-state index is -0.833. The summed E-state index contributed by atoms with van der Waals surface area (Å²) in [6, 6.07) is 0. The van der Waals surface area contributed by atoms with Gasteiger partial charge in [-0.15, -0.1) is 0 Å². The number of hydrogen-bond acceptors (Lipinski definition) is 3. The molecule has 112 valence electrons. The number of carbonyl (C=O) groups is 2. The van der Waals surface area contributed by atoms with Crippen LogP contribution in [0.25, 0.3) is 0 Å². The van der Waals surface area contributed by atoms with Crippen molar-refractivity contribution in [2.75, 3.05) is 19.6 Å². The molecule has 0 saturated heterocycles. The minimum Gasteiger partial charge on any atom is -0.481 e. The van der Waals surface area contributed by atoms with Crippen molar-refractivity contribution >= 4 is 11.9 Å². The molecule has 0 bridgehead atoms. The van der Waals surface area contributed by atoms with Gasteiger partial charge in [-0.2, -0.15) is 0 Å². The topological polar surface area (TPSA) is 69.6 Å². The molecule has 0 saturated carbocycles. The van der Waals surface area contributed by atoms with E-state index in [4.69, 9.17) is 5.11 Å². The summed E-state index contributed by atoms with van der Waals surface area (Å²) in [5.74, 6) is -1.36. The van der Waals surface area contributed by atoms with Crippen LogP contribution in [0, 0.1) is 5.92 Å². The lowest BCUT2D eigenvalue weighted by atomic mass is 10.0. The molecule has 0 spiro atoms. The highest BCUT2D eigenvalue weighted by atomic mass is 16.4. The number of aliphatic carboxylic acids is 1. The number of carbonyl (C=O) groups excluding carboxylic acids is 1. The number of nitrogens with zero attached hydrogens (tertiary/aromatic N) is 1. The van der Waals surface area contributed by atoms with Crippen molar-refractivity contribution in [3.05, 3.63) is 0 Å². The van der Waals surface area contributed by atoms with Crippen molar-refractivity contribution in [3.8, 4) is 0 Å². The summed E-state index contributed by atoms with van der Waals surface area (Å²) in [4.78, 5) is 24.7. The molecule has 1 atom stereocenters. The van der Waals surface area contributed by atoms with E-state index in [2.05, 4.69) is 12.2 Å². The van der Waals surface area contributed by atoms with Gasteiger partial charge in [-0.3, -0.25) is 14.5 Å². The first-order valence-electron chi connectivity index (χ1n) is 6.93. The predicted octanol–water partition coefficient (Wildman–Crippen LogP) is 1.72. The second-order valence-corrected chi connectivity index (χ2v) is 5.99. The SMILES string of the molecule is CCCCNC(=O)CN(CC(C)C(=O)O)C(C)(C)C. The molecule has 0 aromatic carbocycles. The zero-order valence-electron chi connectivity index (χ0n) is 12.8. The molecule has 0 fully saturated rings. The van der Waals surface area contributed by atoms with E-state index in [-0.39, 0.29) is 18.0 Å². The Kier molecular flexibility index (Phi) is 7.68. The second-order valence-electron chi connectivity index (χ2n) is 5.99. The summed E-state index contributed by atoms with van der Waals surface area (Å²) in [6.07, 6.45) is 2.01. The van der Waals surface area contributed by atoms with Crippen LogP contribution in [0.4, 0.5) is 0 Å². The fourth-order valence-electron chi connectivity index (χ4n) is 1.62.